The summed E-state index contributed by atoms with van der Waals surface area (Å²) in [6.45, 7) is 11.1. The first-order valence-electron chi connectivity index (χ1n) is 10.3. The first-order chi connectivity index (χ1) is 13.1. The molecule has 0 spiro atoms. The number of benzene rings is 1. The molecule has 3 aliphatic rings. The highest BCUT2D eigenvalue weighted by Crippen LogP contribution is 2.70. The lowest BCUT2D eigenvalue weighted by Gasteiger charge is -2.42. The standard InChI is InChI=1S/C23H31N3O2/c1-16-7-5-6-8-17(16)25-11-13-26(14-12-25)20(28)19(27)23-10-9-22(4,18(24)15-23)21(23,2)3/h5-8,15H,9-14,24H2,1-4H3. The normalized spacial score (nSPS) is 31.1. The molecular formula is C23H31N3O2. The lowest BCUT2D eigenvalue weighted by atomic mass is 9.62. The minimum atomic E-state index is -0.754. The maximum absolute atomic E-state index is 13.4. The predicted molar refractivity (Wildman–Crippen MR) is 111 cm³/mol. The second kappa shape index (κ2) is 6.10. The minimum absolute atomic E-state index is 0.202. The van der Waals surface area contributed by atoms with Gasteiger partial charge in [-0.1, -0.05) is 45.0 Å². The quantitative estimate of drug-likeness (QED) is 0.818. The Hall–Kier alpha value is -2.30. The molecule has 1 saturated carbocycles. The van der Waals surface area contributed by atoms with Crippen LogP contribution in [-0.4, -0.2) is 42.8 Å². The van der Waals surface area contributed by atoms with Gasteiger partial charge in [-0.25, -0.2) is 0 Å². The van der Waals surface area contributed by atoms with E-state index in [-0.39, 0.29) is 22.5 Å². The van der Waals surface area contributed by atoms with E-state index < -0.39 is 5.41 Å². The lowest BCUT2D eigenvalue weighted by molar-refractivity contribution is -0.151. The van der Waals surface area contributed by atoms with Gasteiger partial charge in [0.2, 0.25) is 5.78 Å². The van der Waals surface area contributed by atoms with E-state index >= 15 is 0 Å². The number of nitrogens with zero attached hydrogens (tertiary/aromatic N) is 2. The molecule has 2 aliphatic carbocycles. The summed E-state index contributed by atoms with van der Waals surface area (Å²) in [5, 5.41) is 0. The molecule has 28 heavy (non-hydrogen) atoms. The van der Waals surface area contributed by atoms with Crippen LogP contribution < -0.4 is 10.6 Å². The van der Waals surface area contributed by atoms with Crippen molar-refractivity contribution in [1.82, 2.24) is 4.90 Å². The number of carbonyl (C=O) groups is 2. The summed E-state index contributed by atoms with van der Waals surface area (Å²) in [6.07, 6.45) is 3.48. The van der Waals surface area contributed by atoms with Crippen LogP contribution in [0.4, 0.5) is 5.69 Å². The maximum atomic E-state index is 13.4. The van der Waals surface area contributed by atoms with E-state index in [0.29, 0.717) is 19.5 Å². The molecule has 1 heterocycles. The van der Waals surface area contributed by atoms with Crippen LogP contribution in [-0.2, 0) is 9.59 Å². The predicted octanol–water partition coefficient (Wildman–Crippen LogP) is 2.88. The number of Topliss-reactive ketones (excluding diaryl/α,β-unsaturated/α-hetero) is 1. The Morgan fingerprint density at radius 1 is 1.00 bits per heavy atom. The van der Waals surface area contributed by atoms with E-state index in [2.05, 4.69) is 44.7 Å². The number of fused-ring (bicyclic) bond motifs is 2. The molecule has 4 rings (SSSR count). The van der Waals surface area contributed by atoms with Gasteiger partial charge in [-0.15, -0.1) is 0 Å². The van der Waals surface area contributed by atoms with E-state index in [1.165, 1.54) is 11.3 Å². The molecule has 1 aromatic carbocycles. The fraction of sp³-hybridized carbons (Fsp3) is 0.565. The number of piperazine rings is 1. The summed E-state index contributed by atoms with van der Waals surface area (Å²) in [4.78, 5) is 30.6. The van der Waals surface area contributed by atoms with Gasteiger partial charge in [0.25, 0.3) is 5.91 Å². The molecule has 1 saturated heterocycles. The number of rotatable bonds is 3. The smallest absolute Gasteiger partial charge is 0.291 e. The summed E-state index contributed by atoms with van der Waals surface area (Å²) in [6, 6.07) is 8.30. The summed E-state index contributed by atoms with van der Waals surface area (Å²) < 4.78 is 0. The summed E-state index contributed by atoms with van der Waals surface area (Å²) in [5.74, 6) is -0.612. The molecule has 5 heteroatoms. The molecule has 1 aromatic rings. The zero-order valence-corrected chi connectivity index (χ0v) is 17.4. The van der Waals surface area contributed by atoms with Crippen molar-refractivity contribution >= 4 is 17.4 Å². The number of aryl methyl sites for hydroxylation is 1. The van der Waals surface area contributed by atoms with E-state index in [9.17, 15) is 9.59 Å². The molecule has 150 valence electrons. The highest BCUT2D eigenvalue weighted by molar-refractivity contribution is 6.39. The van der Waals surface area contributed by atoms with Crippen LogP contribution in [0.5, 0.6) is 0 Å². The fourth-order valence-electron chi connectivity index (χ4n) is 5.61. The van der Waals surface area contributed by atoms with Gasteiger partial charge in [0, 0.05) is 43.0 Å². The lowest BCUT2D eigenvalue weighted by Crippen LogP contribution is -2.54. The number of carbonyl (C=O) groups excluding carboxylic acids is 2. The largest absolute Gasteiger partial charge is 0.402 e. The zero-order valence-electron chi connectivity index (χ0n) is 17.4. The van der Waals surface area contributed by atoms with Crippen LogP contribution in [0.15, 0.2) is 36.0 Å². The average molecular weight is 382 g/mol. The van der Waals surface area contributed by atoms with Crippen molar-refractivity contribution < 1.29 is 9.59 Å². The van der Waals surface area contributed by atoms with Crippen molar-refractivity contribution in [2.45, 2.75) is 40.5 Å². The Bertz CT molecular complexity index is 866. The molecule has 0 aromatic heterocycles. The number of ketones is 1. The number of hydrogen-bond acceptors (Lipinski definition) is 4. The van der Waals surface area contributed by atoms with Gasteiger partial charge in [0.1, 0.15) is 0 Å². The molecule has 1 aliphatic heterocycles. The van der Waals surface area contributed by atoms with Gasteiger partial charge in [0.15, 0.2) is 0 Å². The Kier molecular flexibility index (Phi) is 4.15. The number of amides is 1. The Morgan fingerprint density at radius 3 is 2.18 bits per heavy atom. The molecule has 2 bridgehead atoms. The zero-order chi connectivity index (χ0) is 20.3. The van der Waals surface area contributed by atoms with Gasteiger partial charge < -0.3 is 15.5 Å². The van der Waals surface area contributed by atoms with E-state index in [1.54, 1.807) is 4.90 Å². The highest BCUT2D eigenvalue weighted by atomic mass is 16.2. The third kappa shape index (κ3) is 2.31. The summed E-state index contributed by atoms with van der Waals surface area (Å²) in [7, 11) is 0. The van der Waals surface area contributed by atoms with Crippen LogP contribution in [0.1, 0.15) is 39.2 Å². The number of anilines is 1. The van der Waals surface area contributed by atoms with E-state index in [0.717, 1.165) is 25.2 Å². The second-order valence-electron chi connectivity index (χ2n) is 9.42. The first-order valence-corrected chi connectivity index (χ1v) is 10.3. The van der Waals surface area contributed by atoms with Gasteiger partial charge >= 0.3 is 0 Å². The first kappa shape index (κ1) is 19.0. The third-order valence-electron chi connectivity index (χ3n) is 8.18. The monoisotopic (exact) mass is 381 g/mol. The third-order valence-corrected chi connectivity index (χ3v) is 8.18. The number of allylic oxidation sites excluding steroid dienone is 2. The van der Waals surface area contributed by atoms with Gasteiger partial charge in [-0.2, -0.15) is 0 Å². The van der Waals surface area contributed by atoms with Crippen LogP contribution in [0.2, 0.25) is 0 Å². The molecule has 0 radical (unpaired) electrons. The average Bonchev–Trinajstić information content (AvgIpc) is 2.98. The van der Waals surface area contributed by atoms with Gasteiger partial charge in [-0.05, 0) is 36.8 Å². The van der Waals surface area contributed by atoms with Crippen molar-refractivity contribution in [3.63, 3.8) is 0 Å². The SMILES string of the molecule is Cc1ccccc1N1CCN(C(=O)C(=O)C23C=C(N)C(C)(CC2)C3(C)C)CC1. The van der Waals surface area contributed by atoms with E-state index in [4.69, 9.17) is 5.73 Å². The second-order valence-corrected chi connectivity index (χ2v) is 9.42. The molecule has 2 atom stereocenters. The number of hydrogen-bond donors (Lipinski definition) is 1. The fourth-order valence-corrected chi connectivity index (χ4v) is 5.61. The van der Waals surface area contributed by atoms with Crippen molar-refractivity contribution in [3.8, 4) is 0 Å². The van der Waals surface area contributed by atoms with E-state index in [1.807, 2.05) is 18.2 Å². The molecule has 5 nitrogen and oxygen atoms in total. The van der Waals surface area contributed by atoms with Gasteiger partial charge in [0.05, 0.1) is 5.41 Å². The van der Waals surface area contributed by atoms with Crippen LogP contribution >= 0.6 is 0 Å². The van der Waals surface area contributed by atoms with Crippen molar-refractivity contribution in [2.75, 3.05) is 31.1 Å². The molecule has 2 unspecified atom stereocenters. The summed E-state index contributed by atoms with van der Waals surface area (Å²) >= 11 is 0. The van der Waals surface area contributed by atoms with Crippen molar-refractivity contribution in [1.29, 1.82) is 0 Å². The minimum Gasteiger partial charge on any atom is -0.402 e. The number of nitrogens with two attached hydrogens (primary N) is 1. The summed E-state index contributed by atoms with van der Waals surface area (Å²) in [5.41, 5.74) is 8.23. The van der Waals surface area contributed by atoms with Crippen LogP contribution in [0.3, 0.4) is 0 Å². The molecule has 1 amide bonds. The highest BCUT2D eigenvalue weighted by Gasteiger charge is 2.69. The topological polar surface area (TPSA) is 66.6 Å². The van der Waals surface area contributed by atoms with Crippen molar-refractivity contribution in [2.24, 2.45) is 22.0 Å². The Labute approximate surface area is 167 Å². The van der Waals surface area contributed by atoms with Crippen LogP contribution in [0, 0.1) is 23.2 Å². The maximum Gasteiger partial charge on any atom is 0.291 e. The van der Waals surface area contributed by atoms with Crippen LogP contribution in [0.25, 0.3) is 0 Å². The molecular weight excluding hydrogens is 350 g/mol. The Morgan fingerprint density at radius 2 is 1.64 bits per heavy atom. The van der Waals surface area contributed by atoms with Gasteiger partial charge in [-0.3, -0.25) is 9.59 Å². The molecule has 2 N–H and O–H groups in total. The molecule has 2 fully saturated rings. The number of para-hydroxylation sites is 1. The Balaban J connectivity index is 1.49. The van der Waals surface area contributed by atoms with Crippen molar-refractivity contribution in [3.05, 3.63) is 41.6 Å².